The summed E-state index contributed by atoms with van der Waals surface area (Å²) in [6.07, 6.45) is 0. The molecule has 0 aromatic heterocycles. The molecule has 0 radical (unpaired) electrons. The molecule has 0 aliphatic carbocycles. The Morgan fingerprint density at radius 3 is 2.80 bits per heavy atom. The van der Waals surface area contributed by atoms with Gasteiger partial charge >= 0.3 is 0 Å². The van der Waals surface area contributed by atoms with Crippen LogP contribution in [0.15, 0.2) is 12.2 Å². The fraction of sp³-hybridized carbons (Fsp3) is 0.625. The summed E-state index contributed by atoms with van der Waals surface area (Å²) in [5, 5.41) is 8.40. The summed E-state index contributed by atoms with van der Waals surface area (Å²) in [6.45, 7) is 8.75. The molecule has 2 heteroatoms. The van der Waals surface area contributed by atoms with Crippen molar-refractivity contribution in [1.29, 1.82) is 5.26 Å². The van der Waals surface area contributed by atoms with E-state index < -0.39 is 0 Å². The minimum absolute atomic E-state index is 0.157. The van der Waals surface area contributed by atoms with Gasteiger partial charge in [-0.3, -0.25) is 0 Å². The summed E-state index contributed by atoms with van der Waals surface area (Å²) in [5.74, 6) is 0.157. The van der Waals surface area contributed by atoms with Gasteiger partial charge in [-0.25, -0.2) is 0 Å². The molecule has 0 rings (SSSR count). The van der Waals surface area contributed by atoms with Crippen LogP contribution in [-0.2, 0) is 4.74 Å². The highest BCUT2D eigenvalue weighted by Crippen LogP contribution is 2.06. The lowest BCUT2D eigenvalue weighted by molar-refractivity contribution is 0.127. The molecular weight excluding hydrogens is 126 g/mol. The standard InChI is InChI=1S/C8H13NO/c1-4-10-6-8(3)7(2)5-9/h8H,2,4,6H2,1,3H3. The molecule has 2 nitrogen and oxygen atoms in total. The van der Waals surface area contributed by atoms with Crippen LogP contribution in [-0.4, -0.2) is 13.2 Å². The van der Waals surface area contributed by atoms with Crippen molar-refractivity contribution < 1.29 is 4.74 Å². The van der Waals surface area contributed by atoms with E-state index in [0.29, 0.717) is 18.8 Å². The van der Waals surface area contributed by atoms with Gasteiger partial charge in [0.25, 0.3) is 0 Å². The van der Waals surface area contributed by atoms with Crippen molar-refractivity contribution in [3.63, 3.8) is 0 Å². The van der Waals surface area contributed by atoms with Crippen molar-refractivity contribution in [1.82, 2.24) is 0 Å². The predicted octanol–water partition coefficient (Wildman–Crippen LogP) is 1.74. The maximum atomic E-state index is 8.40. The molecule has 0 bridgehead atoms. The molecule has 1 unspecified atom stereocenters. The number of ether oxygens (including phenoxy) is 1. The van der Waals surface area contributed by atoms with Gasteiger partial charge in [-0.2, -0.15) is 5.26 Å². The van der Waals surface area contributed by atoms with E-state index in [4.69, 9.17) is 10.00 Å². The molecule has 0 spiro atoms. The van der Waals surface area contributed by atoms with E-state index in [0.717, 1.165) is 0 Å². The fourth-order valence-corrected chi connectivity index (χ4v) is 0.505. The van der Waals surface area contributed by atoms with Crippen LogP contribution in [0.3, 0.4) is 0 Å². The summed E-state index contributed by atoms with van der Waals surface area (Å²) in [6, 6.07) is 2.00. The van der Waals surface area contributed by atoms with Gasteiger partial charge in [0.05, 0.1) is 12.7 Å². The van der Waals surface area contributed by atoms with Crippen molar-refractivity contribution in [3.8, 4) is 6.07 Å². The van der Waals surface area contributed by atoms with Gasteiger partial charge in [0.2, 0.25) is 0 Å². The fourth-order valence-electron chi connectivity index (χ4n) is 0.505. The van der Waals surface area contributed by atoms with E-state index >= 15 is 0 Å². The average Bonchev–Trinajstić information content (AvgIpc) is 1.98. The van der Waals surface area contributed by atoms with Crippen molar-refractivity contribution in [3.05, 3.63) is 12.2 Å². The van der Waals surface area contributed by atoms with Gasteiger partial charge in [0.1, 0.15) is 0 Å². The van der Waals surface area contributed by atoms with E-state index in [1.165, 1.54) is 0 Å². The van der Waals surface area contributed by atoms with E-state index in [1.807, 2.05) is 19.9 Å². The summed E-state index contributed by atoms with van der Waals surface area (Å²) >= 11 is 0. The minimum atomic E-state index is 0.157. The second-order valence-electron chi connectivity index (χ2n) is 2.20. The third-order valence-electron chi connectivity index (χ3n) is 1.31. The van der Waals surface area contributed by atoms with Gasteiger partial charge in [-0.15, -0.1) is 0 Å². The van der Waals surface area contributed by atoms with Crippen molar-refractivity contribution in [2.45, 2.75) is 13.8 Å². The van der Waals surface area contributed by atoms with Crippen molar-refractivity contribution in [2.75, 3.05) is 13.2 Å². The van der Waals surface area contributed by atoms with Gasteiger partial charge < -0.3 is 4.74 Å². The van der Waals surface area contributed by atoms with Gasteiger partial charge in [-0.05, 0) is 6.92 Å². The Labute approximate surface area is 62.1 Å². The Kier molecular flexibility index (Phi) is 4.61. The summed E-state index contributed by atoms with van der Waals surface area (Å²) < 4.78 is 5.11. The monoisotopic (exact) mass is 139 g/mol. The van der Waals surface area contributed by atoms with Crippen molar-refractivity contribution in [2.24, 2.45) is 5.92 Å². The molecule has 10 heavy (non-hydrogen) atoms. The third kappa shape index (κ3) is 3.26. The first kappa shape index (κ1) is 9.19. The summed E-state index contributed by atoms with van der Waals surface area (Å²) in [4.78, 5) is 0. The van der Waals surface area contributed by atoms with Crippen LogP contribution in [0.25, 0.3) is 0 Å². The maximum absolute atomic E-state index is 8.40. The van der Waals surface area contributed by atoms with Crippen LogP contribution < -0.4 is 0 Å². The highest BCUT2D eigenvalue weighted by molar-refractivity contribution is 5.18. The molecule has 0 aromatic carbocycles. The van der Waals surface area contributed by atoms with Crippen LogP contribution in [0.2, 0.25) is 0 Å². The molecule has 0 aliphatic rings. The van der Waals surface area contributed by atoms with E-state index in [-0.39, 0.29) is 5.92 Å². The first-order valence-corrected chi connectivity index (χ1v) is 3.39. The first-order chi connectivity index (χ1) is 4.72. The van der Waals surface area contributed by atoms with E-state index in [9.17, 15) is 0 Å². The van der Waals surface area contributed by atoms with Gasteiger partial charge in [-0.1, -0.05) is 13.5 Å². The molecule has 0 aliphatic heterocycles. The second kappa shape index (κ2) is 5.01. The zero-order chi connectivity index (χ0) is 7.98. The highest BCUT2D eigenvalue weighted by Gasteiger charge is 2.04. The van der Waals surface area contributed by atoms with E-state index in [1.54, 1.807) is 0 Å². The molecular formula is C8H13NO. The maximum Gasteiger partial charge on any atom is 0.0944 e. The van der Waals surface area contributed by atoms with Gasteiger partial charge in [0.15, 0.2) is 0 Å². The Balaban J connectivity index is 3.54. The van der Waals surface area contributed by atoms with Crippen LogP contribution >= 0.6 is 0 Å². The SMILES string of the molecule is C=C(C#N)C(C)COCC. The largest absolute Gasteiger partial charge is 0.381 e. The number of nitriles is 1. The molecule has 0 aromatic rings. The Morgan fingerprint density at radius 1 is 1.80 bits per heavy atom. The Bertz CT molecular complexity index is 146. The van der Waals surface area contributed by atoms with Crippen LogP contribution in [0.1, 0.15) is 13.8 Å². The molecule has 0 fully saturated rings. The van der Waals surface area contributed by atoms with Crippen molar-refractivity contribution >= 4 is 0 Å². The zero-order valence-corrected chi connectivity index (χ0v) is 6.55. The average molecular weight is 139 g/mol. The molecule has 0 saturated heterocycles. The third-order valence-corrected chi connectivity index (χ3v) is 1.31. The smallest absolute Gasteiger partial charge is 0.0944 e. The Morgan fingerprint density at radius 2 is 2.40 bits per heavy atom. The van der Waals surface area contributed by atoms with Crippen LogP contribution in [0, 0.1) is 17.2 Å². The van der Waals surface area contributed by atoms with E-state index in [2.05, 4.69) is 6.58 Å². The minimum Gasteiger partial charge on any atom is -0.381 e. The molecule has 56 valence electrons. The number of hydrogen-bond donors (Lipinski definition) is 0. The summed E-state index contributed by atoms with van der Waals surface area (Å²) in [7, 11) is 0. The normalized spacial score (nSPS) is 12.1. The van der Waals surface area contributed by atoms with Gasteiger partial charge in [0, 0.05) is 18.1 Å². The topological polar surface area (TPSA) is 33.0 Å². The quantitative estimate of drug-likeness (QED) is 0.556. The lowest BCUT2D eigenvalue weighted by Crippen LogP contribution is -2.06. The zero-order valence-electron chi connectivity index (χ0n) is 6.55. The predicted molar refractivity (Wildman–Crippen MR) is 40.4 cm³/mol. The lowest BCUT2D eigenvalue weighted by Gasteiger charge is -2.07. The molecule has 0 N–H and O–H groups in total. The van der Waals surface area contributed by atoms with Crippen LogP contribution in [0.5, 0.6) is 0 Å². The second-order valence-corrected chi connectivity index (χ2v) is 2.20. The number of nitrogens with zero attached hydrogens (tertiary/aromatic N) is 1. The summed E-state index contributed by atoms with van der Waals surface area (Å²) in [5.41, 5.74) is 0.591. The lowest BCUT2D eigenvalue weighted by atomic mass is 10.1. The highest BCUT2D eigenvalue weighted by atomic mass is 16.5. The first-order valence-electron chi connectivity index (χ1n) is 3.39. The molecule has 0 amide bonds. The van der Waals surface area contributed by atoms with Crippen LogP contribution in [0.4, 0.5) is 0 Å². The number of hydrogen-bond acceptors (Lipinski definition) is 2. The number of rotatable bonds is 4. The molecule has 0 heterocycles. The molecule has 0 saturated carbocycles. The Hall–Kier alpha value is -0.810. The molecule has 1 atom stereocenters.